The van der Waals surface area contributed by atoms with E-state index in [-0.39, 0.29) is 40.5 Å². The number of hydrogen-bond acceptors (Lipinski definition) is 11. The number of aryl methyl sites for hydroxylation is 1. The van der Waals surface area contributed by atoms with E-state index in [4.69, 9.17) is 51.6 Å². The van der Waals surface area contributed by atoms with Crippen LogP contribution in [-0.2, 0) is 21.3 Å². The molecular formula is C30H24Cl2N2O9S. The predicted octanol–water partition coefficient (Wildman–Crippen LogP) is 5.74. The highest BCUT2D eigenvalue weighted by Gasteiger charge is 2.54. The first-order chi connectivity index (χ1) is 21.2. The fourth-order valence-corrected chi connectivity index (χ4v) is 7.79. The Bertz CT molecular complexity index is 1790. The summed E-state index contributed by atoms with van der Waals surface area (Å²) in [4.78, 5) is 27.3. The zero-order valence-electron chi connectivity index (χ0n) is 23.5. The minimum absolute atomic E-state index is 0.0201. The molecule has 0 amide bonds. The van der Waals surface area contributed by atoms with Crippen LogP contribution in [0.5, 0.6) is 28.7 Å². The molecule has 0 radical (unpaired) electrons. The van der Waals surface area contributed by atoms with Crippen molar-refractivity contribution in [2.75, 3.05) is 27.6 Å². The van der Waals surface area contributed by atoms with Crippen molar-refractivity contribution < 1.29 is 43.1 Å². The summed E-state index contributed by atoms with van der Waals surface area (Å²) < 4.78 is 35.6. The van der Waals surface area contributed by atoms with Crippen molar-refractivity contribution in [1.29, 1.82) is 0 Å². The van der Waals surface area contributed by atoms with Crippen molar-refractivity contribution in [2.45, 2.75) is 12.0 Å². The van der Waals surface area contributed by atoms with Crippen molar-refractivity contribution >= 4 is 46.5 Å². The van der Waals surface area contributed by atoms with Crippen LogP contribution in [0.3, 0.4) is 0 Å². The Hall–Kier alpha value is -4.13. The van der Waals surface area contributed by atoms with Gasteiger partial charge in [-0.25, -0.2) is 4.79 Å². The topological polar surface area (TPSA) is 128 Å². The summed E-state index contributed by atoms with van der Waals surface area (Å²) in [5.41, 5.74) is 3.05. The number of methoxy groups -OCH3 is 2. The lowest BCUT2D eigenvalue weighted by molar-refractivity contribution is -0.141. The molecule has 1 fully saturated rings. The van der Waals surface area contributed by atoms with Crippen molar-refractivity contribution in [2.24, 2.45) is 18.9 Å². The molecule has 2 aromatic heterocycles. The number of nitrogens with zero attached hydrogens (tertiary/aromatic N) is 2. The lowest BCUT2D eigenvalue weighted by Gasteiger charge is -2.38. The zero-order chi connectivity index (χ0) is 30.9. The highest BCUT2D eigenvalue weighted by molar-refractivity contribution is 7.13. The van der Waals surface area contributed by atoms with Crippen LogP contribution in [-0.4, -0.2) is 54.4 Å². The fourth-order valence-electron chi connectivity index (χ4n) is 6.28. The van der Waals surface area contributed by atoms with Gasteiger partial charge in [-0.05, 0) is 35.4 Å². The minimum Gasteiger partial charge on any atom is -0.502 e. The highest BCUT2D eigenvalue weighted by atomic mass is 35.5. The van der Waals surface area contributed by atoms with E-state index in [1.165, 1.54) is 20.4 Å². The monoisotopic (exact) mass is 658 g/mol. The Labute approximate surface area is 264 Å². The Morgan fingerprint density at radius 1 is 1.07 bits per heavy atom. The van der Waals surface area contributed by atoms with Crippen LogP contribution >= 0.6 is 34.5 Å². The standard InChI is InChI=1S/C30H24Cl2N2O9S/c1-34-25(17(31)8-33-34)16-10-44-28(24(16)32)30(37)43-27-14-7-19-18(41-11-42-19)6-13(14)22(23-15(27)9-40-29(23)36)12-4-20(38-2)26(35)21(5-12)39-3/h4-8,10,15,22-23,27,35H,9,11H2,1-3H3/t15-,22+,23+,27-/m0/s1. The summed E-state index contributed by atoms with van der Waals surface area (Å²) in [5.74, 6) is -1.85. The number of rotatable bonds is 6. The molecule has 0 unspecified atom stereocenters. The van der Waals surface area contributed by atoms with Crippen molar-refractivity contribution in [1.82, 2.24) is 9.78 Å². The summed E-state index contributed by atoms with van der Waals surface area (Å²) >= 11 is 14.2. The number of hydrogen-bond donors (Lipinski definition) is 1. The van der Waals surface area contributed by atoms with Crippen molar-refractivity contribution in [3.05, 3.63) is 67.5 Å². The number of phenolic OH excluding ortho intramolecular Hbond substituents is 1. The van der Waals surface area contributed by atoms with Crippen LogP contribution in [0, 0.1) is 11.8 Å². The molecule has 0 bridgehead atoms. The van der Waals surface area contributed by atoms with Crippen molar-refractivity contribution in [3.8, 4) is 40.0 Å². The molecule has 0 saturated carbocycles. The number of ether oxygens (including phenoxy) is 6. The summed E-state index contributed by atoms with van der Waals surface area (Å²) in [6.07, 6.45) is 0.612. The van der Waals surface area contributed by atoms with Gasteiger partial charge in [0.15, 0.2) is 23.0 Å². The lowest BCUT2D eigenvalue weighted by Crippen LogP contribution is -2.36. The highest BCUT2D eigenvalue weighted by Crippen LogP contribution is 2.57. The number of fused-ring (bicyclic) bond motifs is 3. The molecule has 4 aromatic rings. The molecule has 1 aliphatic carbocycles. The molecule has 1 saturated heterocycles. The number of halogens is 2. The molecule has 4 atom stereocenters. The summed E-state index contributed by atoms with van der Waals surface area (Å²) in [6, 6.07) is 6.87. The molecule has 228 valence electrons. The lowest BCUT2D eigenvalue weighted by atomic mass is 9.66. The van der Waals surface area contributed by atoms with Gasteiger partial charge >= 0.3 is 11.9 Å². The molecule has 0 spiro atoms. The number of aromatic nitrogens is 2. The van der Waals surface area contributed by atoms with Gasteiger partial charge in [-0.15, -0.1) is 11.3 Å². The van der Waals surface area contributed by atoms with Gasteiger partial charge in [0.2, 0.25) is 12.5 Å². The number of phenols is 1. The largest absolute Gasteiger partial charge is 0.502 e. The maximum Gasteiger partial charge on any atom is 0.350 e. The second kappa shape index (κ2) is 10.8. The Morgan fingerprint density at radius 2 is 1.75 bits per heavy atom. The first kappa shape index (κ1) is 28.6. The molecule has 14 heteroatoms. The number of thiophene rings is 1. The fraction of sp³-hybridized carbons (Fsp3) is 0.300. The van der Waals surface area contributed by atoms with Crippen LogP contribution < -0.4 is 18.9 Å². The Balaban J connectivity index is 1.34. The quantitative estimate of drug-likeness (QED) is 0.256. The third-order valence-corrected chi connectivity index (χ3v) is 10.0. The van der Waals surface area contributed by atoms with Gasteiger partial charge in [0.1, 0.15) is 11.0 Å². The van der Waals surface area contributed by atoms with Crippen LogP contribution in [0.4, 0.5) is 0 Å². The SMILES string of the molecule is COc1cc([C@@H]2c3cc4c(cc3[C@H](OC(=O)c3scc(-c5c(Cl)cnn5C)c3Cl)[C@H]3COC(=O)[C@@H]23)OCO4)cc(OC)c1O. The number of carbonyl (C=O) groups excluding carboxylic acids is 2. The third kappa shape index (κ3) is 4.34. The van der Waals surface area contributed by atoms with Gasteiger partial charge < -0.3 is 33.5 Å². The molecule has 44 heavy (non-hydrogen) atoms. The van der Waals surface area contributed by atoms with Gasteiger partial charge in [0.05, 0.1) is 48.7 Å². The first-order valence-electron chi connectivity index (χ1n) is 13.4. The normalized spacial score (nSPS) is 21.4. The second-order valence-corrected chi connectivity index (χ2v) is 12.2. The molecule has 7 rings (SSSR count). The van der Waals surface area contributed by atoms with Gasteiger partial charge in [0, 0.05) is 35.4 Å². The molecule has 3 aliphatic rings. The first-order valence-corrected chi connectivity index (χ1v) is 15.1. The third-order valence-electron chi connectivity index (χ3n) is 8.28. The molecule has 4 heterocycles. The van der Waals surface area contributed by atoms with Gasteiger partial charge in [-0.1, -0.05) is 23.2 Å². The van der Waals surface area contributed by atoms with E-state index in [2.05, 4.69) is 5.10 Å². The predicted molar refractivity (Wildman–Crippen MR) is 158 cm³/mol. The van der Waals surface area contributed by atoms with Gasteiger partial charge in [0.25, 0.3) is 0 Å². The van der Waals surface area contributed by atoms with E-state index in [1.807, 2.05) is 0 Å². The van der Waals surface area contributed by atoms with E-state index in [0.717, 1.165) is 11.3 Å². The van der Waals surface area contributed by atoms with Crippen LogP contribution in [0.15, 0.2) is 35.8 Å². The van der Waals surface area contributed by atoms with Gasteiger partial charge in [-0.3, -0.25) is 9.48 Å². The number of cyclic esters (lactones) is 1. The van der Waals surface area contributed by atoms with Crippen LogP contribution in [0.25, 0.3) is 11.3 Å². The zero-order valence-corrected chi connectivity index (χ0v) is 25.8. The van der Waals surface area contributed by atoms with E-state index >= 15 is 0 Å². The second-order valence-electron chi connectivity index (χ2n) is 10.5. The Kier molecular flexibility index (Phi) is 7.02. The van der Waals surface area contributed by atoms with Gasteiger partial charge in [-0.2, -0.15) is 5.10 Å². The summed E-state index contributed by atoms with van der Waals surface area (Å²) in [7, 11) is 4.58. The summed E-state index contributed by atoms with van der Waals surface area (Å²) in [6.45, 7) is 0.0412. The molecule has 2 aromatic carbocycles. The maximum absolute atomic E-state index is 13.8. The molecule has 11 nitrogen and oxygen atoms in total. The number of benzene rings is 2. The maximum atomic E-state index is 13.8. The van der Waals surface area contributed by atoms with E-state index in [0.29, 0.717) is 44.5 Å². The summed E-state index contributed by atoms with van der Waals surface area (Å²) in [5, 5.41) is 17.0. The van der Waals surface area contributed by atoms with E-state index in [9.17, 15) is 14.7 Å². The Morgan fingerprint density at radius 3 is 2.39 bits per heavy atom. The molecular weight excluding hydrogens is 635 g/mol. The van der Waals surface area contributed by atoms with Crippen LogP contribution in [0.2, 0.25) is 10.0 Å². The smallest absolute Gasteiger partial charge is 0.350 e. The number of carbonyl (C=O) groups is 2. The van der Waals surface area contributed by atoms with E-state index < -0.39 is 35.8 Å². The average Bonchev–Trinajstić information content (AvgIpc) is 3.80. The number of esters is 2. The number of aromatic hydroxyl groups is 1. The van der Waals surface area contributed by atoms with Crippen molar-refractivity contribution in [3.63, 3.8) is 0 Å². The van der Waals surface area contributed by atoms with Crippen LogP contribution in [0.1, 0.15) is 38.4 Å². The molecule has 1 N–H and O–H groups in total. The minimum atomic E-state index is -0.887. The molecule has 2 aliphatic heterocycles. The van der Waals surface area contributed by atoms with E-state index in [1.54, 1.807) is 41.4 Å². The average molecular weight is 660 g/mol.